The largest absolute Gasteiger partial charge is 0.393 e. The second-order valence-corrected chi connectivity index (χ2v) is 10.8. The van der Waals surface area contributed by atoms with Crippen LogP contribution < -0.4 is 5.32 Å². The Morgan fingerprint density at radius 3 is 2.54 bits per heavy atom. The normalized spacial score (nSPS) is 22.1. The number of nitrogens with one attached hydrogen (secondary N) is 1. The van der Waals surface area contributed by atoms with Crippen molar-refractivity contribution < 1.29 is 23.1 Å². The highest BCUT2D eigenvalue weighted by atomic mass is 19.4. The summed E-state index contributed by atoms with van der Waals surface area (Å²) in [6, 6.07) is 20.9. The molecule has 1 fully saturated rings. The third-order valence-corrected chi connectivity index (χ3v) is 8.25. The van der Waals surface area contributed by atoms with Gasteiger partial charge in [-0.1, -0.05) is 49.4 Å². The third kappa shape index (κ3) is 7.07. The first kappa shape index (κ1) is 28.8. The summed E-state index contributed by atoms with van der Waals surface area (Å²) >= 11 is 0. The van der Waals surface area contributed by atoms with Crippen LogP contribution in [-0.4, -0.2) is 28.3 Å². The van der Waals surface area contributed by atoms with Gasteiger partial charge in [0.05, 0.1) is 6.10 Å². The van der Waals surface area contributed by atoms with Crippen molar-refractivity contribution in [2.75, 3.05) is 0 Å². The Balaban J connectivity index is 0.000000531. The molecule has 0 saturated heterocycles. The molecule has 1 heterocycles. The topological polar surface area (TPSA) is 62.2 Å². The minimum atomic E-state index is -3.96. The first-order valence-electron chi connectivity index (χ1n) is 13.7. The number of hydrogen-bond acceptors (Lipinski definition) is 3. The Labute approximate surface area is 228 Å². The Morgan fingerprint density at radius 1 is 1.10 bits per heavy atom. The van der Waals surface area contributed by atoms with E-state index in [1.165, 1.54) is 16.7 Å². The molecule has 39 heavy (non-hydrogen) atoms. The number of amides is 1. The summed E-state index contributed by atoms with van der Waals surface area (Å²) in [6.45, 7) is 3.53. The van der Waals surface area contributed by atoms with Gasteiger partial charge in [0.15, 0.2) is 0 Å². The molecule has 3 aromatic rings. The molecule has 2 unspecified atom stereocenters. The number of carbonyl (C=O) groups excluding carboxylic acids is 1. The Hall–Kier alpha value is -3.19. The van der Waals surface area contributed by atoms with Gasteiger partial charge in [0.1, 0.15) is 0 Å². The maximum atomic E-state index is 12.9. The number of aromatic nitrogens is 1. The molecule has 1 aromatic heterocycles. The molecule has 3 atom stereocenters. The van der Waals surface area contributed by atoms with Gasteiger partial charge in [0, 0.05) is 35.8 Å². The van der Waals surface area contributed by atoms with Crippen molar-refractivity contribution in [1.29, 1.82) is 0 Å². The first-order valence-corrected chi connectivity index (χ1v) is 13.7. The number of aryl methyl sites for hydroxylation is 2. The van der Waals surface area contributed by atoms with Gasteiger partial charge in [-0.2, -0.15) is 13.2 Å². The molecule has 2 aromatic carbocycles. The minimum absolute atomic E-state index is 0.0377. The maximum Gasteiger partial charge on any atom is 0.388 e. The van der Waals surface area contributed by atoms with Crippen molar-refractivity contribution in [3.8, 4) is 0 Å². The zero-order chi connectivity index (χ0) is 28.0. The number of rotatable bonds is 5. The maximum absolute atomic E-state index is 12.9. The van der Waals surface area contributed by atoms with Crippen LogP contribution in [0.1, 0.15) is 77.3 Å². The number of halogens is 3. The van der Waals surface area contributed by atoms with Crippen molar-refractivity contribution >= 4 is 5.91 Å². The number of alkyl halides is 3. The fraction of sp³-hybridized carbons (Fsp3) is 0.438. The van der Waals surface area contributed by atoms with Crippen LogP contribution >= 0.6 is 0 Å². The van der Waals surface area contributed by atoms with Crippen LogP contribution in [0.15, 0.2) is 66.9 Å². The van der Waals surface area contributed by atoms with Crippen LogP contribution in [0, 0.1) is 12.8 Å². The van der Waals surface area contributed by atoms with Crippen molar-refractivity contribution in [1.82, 2.24) is 10.3 Å². The zero-order valence-corrected chi connectivity index (χ0v) is 22.6. The molecule has 1 saturated carbocycles. The summed E-state index contributed by atoms with van der Waals surface area (Å²) in [7, 11) is 0. The molecule has 2 N–H and O–H groups in total. The number of fused-ring (bicyclic) bond motifs is 3. The Bertz CT molecular complexity index is 1260. The lowest BCUT2D eigenvalue weighted by Gasteiger charge is -2.50. The van der Waals surface area contributed by atoms with Crippen LogP contribution in [0.2, 0.25) is 0 Å². The fourth-order valence-corrected chi connectivity index (χ4v) is 6.08. The average Bonchev–Trinajstić information content (AvgIpc) is 2.93. The van der Waals surface area contributed by atoms with Crippen LogP contribution in [0.25, 0.3) is 0 Å². The molecule has 4 nitrogen and oxygen atoms in total. The minimum Gasteiger partial charge on any atom is -0.393 e. The SMILES string of the molecule is CCC(F)(F)F.Cc1ncccc1CNC(=O)c1ccc2c(c1)CCC1CC(O)CC[C@@]21Cc1ccccc1. The van der Waals surface area contributed by atoms with E-state index in [2.05, 4.69) is 52.8 Å². The molecule has 0 spiro atoms. The van der Waals surface area contributed by atoms with E-state index < -0.39 is 12.6 Å². The molecular formula is C32H37F3N2O2. The highest BCUT2D eigenvalue weighted by molar-refractivity contribution is 5.94. The molecular weight excluding hydrogens is 501 g/mol. The van der Waals surface area contributed by atoms with Crippen molar-refractivity contribution in [3.63, 3.8) is 0 Å². The van der Waals surface area contributed by atoms with E-state index in [9.17, 15) is 23.1 Å². The van der Waals surface area contributed by atoms with E-state index in [0.717, 1.165) is 62.3 Å². The van der Waals surface area contributed by atoms with Gasteiger partial charge in [-0.3, -0.25) is 9.78 Å². The number of pyridine rings is 1. The molecule has 0 bridgehead atoms. The number of carbonyl (C=O) groups is 1. The van der Waals surface area contributed by atoms with Crippen LogP contribution in [0.4, 0.5) is 13.2 Å². The van der Waals surface area contributed by atoms with E-state index in [1.807, 2.05) is 25.1 Å². The standard InChI is InChI=1S/C29H32N2O2.C3H5F3/c1-20-24(8-5-15-30-20)19-31-28(33)23-10-12-27-22(16-23)9-11-25-17-26(32)13-14-29(25,27)18-21-6-3-2-4-7-21;1-2-3(4,5)6/h2-8,10,12,15-16,25-26,32H,9,11,13-14,17-19H2,1H3,(H,31,33);2H2,1H3/t25?,26?,29-;/m0./s1. The smallest absolute Gasteiger partial charge is 0.388 e. The van der Waals surface area contributed by atoms with E-state index >= 15 is 0 Å². The van der Waals surface area contributed by atoms with Gasteiger partial charge < -0.3 is 10.4 Å². The van der Waals surface area contributed by atoms with E-state index in [-0.39, 0.29) is 17.4 Å². The highest BCUT2D eigenvalue weighted by Gasteiger charge is 2.47. The second-order valence-electron chi connectivity index (χ2n) is 10.8. The molecule has 2 aliphatic carbocycles. The van der Waals surface area contributed by atoms with Crippen LogP contribution in [0.3, 0.4) is 0 Å². The predicted octanol–water partition coefficient (Wildman–Crippen LogP) is 6.87. The lowest BCUT2D eigenvalue weighted by molar-refractivity contribution is -0.130. The monoisotopic (exact) mass is 538 g/mol. The summed E-state index contributed by atoms with van der Waals surface area (Å²) in [5, 5.41) is 13.5. The molecule has 5 rings (SSSR count). The molecule has 7 heteroatoms. The summed E-state index contributed by atoms with van der Waals surface area (Å²) in [5.74, 6) is 0.432. The number of hydrogen-bond donors (Lipinski definition) is 2. The Morgan fingerprint density at radius 2 is 1.85 bits per heavy atom. The van der Waals surface area contributed by atoms with E-state index in [4.69, 9.17) is 0 Å². The number of aliphatic hydroxyl groups excluding tert-OH is 1. The fourth-order valence-electron chi connectivity index (χ4n) is 6.08. The molecule has 1 amide bonds. The molecule has 0 radical (unpaired) electrons. The van der Waals surface area contributed by atoms with Gasteiger partial charge >= 0.3 is 6.18 Å². The number of aliphatic hydroxyl groups is 1. The molecule has 208 valence electrons. The molecule has 0 aliphatic heterocycles. The van der Waals surface area contributed by atoms with Gasteiger partial charge in [0.2, 0.25) is 0 Å². The summed E-state index contributed by atoms with van der Waals surface area (Å²) in [6.07, 6.45) is 2.62. The quantitative estimate of drug-likeness (QED) is 0.373. The van der Waals surface area contributed by atoms with Crippen LogP contribution in [-0.2, 0) is 24.8 Å². The molecule has 2 aliphatic rings. The van der Waals surface area contributed by atoms with Gasteiger partial charge in [-0.05, 0) is 91.8 Å². The van der Waals surface area contributed by atoms with Crippen LogP contribution in [0.5, 0.6) is 0 Å². The first-order chi connectivity index (χ1) is 18.6. The average molecular weight is 539 g/mol. The Kier molecular flexibility index (Phi) is 9.11. The second kappa shape index (κ2) is 12.3. The number of benzene rings is 2. The lowest BCUT2D eigenvalue weighted by Crippen LogP contribution is -2.47. The van der Waals surface area contributed by atoms with Crippen molar-refractivity contribution in [3.05, 3.63) is 100 Å². The van der Waals surface area contributed by atoms with Crippen molar-refractivity contribution in [2.24, 2.45) is 5.92 Å². The summed E-state index contributed by atoms with van der Waals surface area (Å²) < 4.78 is 32.4. The third-order valence-electron chi connectivity index (χ3n) is 8.25. The van der Waals surface area contributed by atoms with Gasteiger partial charge in [-0.15, -0.1) is 0 Å². The lowest BCUT2D eigenvalue weighted by atomic mass is 9.54. The van der Waals surface area contributed by atoms with Gasteiger partial charge in [0.25, 0.3) is 5.91 Å². The van der Waals surface area contributed by atoms with E-state index in [0.29, 0.717) is 12.5 Å². The van der Waals surface area contributed by atoms with Crippen molar-refractivity contribution in [2.45, 2.75) is 83.0 Å². The summed E-state index contributed by atoms with van der Waals surface area (Å²) in [4.78, 5) is 17.3. The highest BCUT2D eigenvalue weighted by Crippen LogP contribution is 2.52. The van der Waals surface area contributed by atoms with E-state index in [1.54, 1.807) is 6.20 Å². The summed E-state index contributed by atoms with van der Waals surface area (Å²) in [5.41, 5.74) is 6.76. The van der Waals surface area contributed by atoms with Gasteiger partial charge in [-0.25, -0.2) is 0 Å². The zero-order valence-electron chi connectivity index (χ0n) is 22.6. The number of nitrogens with zero attached hydrogens (tertiary/aromatic N) is 1. The predicted molar refractivity (Wildman–Crippen MR) is 146 cm³/mol.